The number of hydrogen-bond acceptors (Lipinski definition) is 2. The van der Waals surface area contributed by atoms with Crippen LogP contribution in [0, 0.1) is 5.92 Å². The first-order valence-electron chi connectivity index (χ1n) is 8.55. The molecule has 0 bridgehead atoms. The molecule has 0 aliphatic carbocycles. The molecule has 0 spiro atoms. The molecule has 3 unspecified atom stereocenters. The summed E-state index contributed by atoms with van der Waals surface area (Å²) < 4.78 is 39.7. The summed E-state index contributed by atoms with van der Waals surface area (Å²) in [5.74, 6) is -0.799. The third kappa shape index (κ3) is 3.69. The lowest BCUT2D eigenvalue weighted by atomic mass is 9.80. The van der Waals surface area contributed by atoms with E-state index in [-0.39, 0.29) is 11.9 Å². The van der Waals surface area contributed by atoms with Gasteiger partial charge in [-0.2, -0.15) is 13.2 Å². The smallest absolute Gasteiger partial charge is 0.378 e. The van der Waals surface area contributed by atoms with Crippen LogP contribution in [0.25, 0.3) is 0 Å². The summed E-state index contributed by atoms with van der Waals surface area (Å²) in [5.41, 5.74) is 2.21. The number of hydrogen-bond donors (Lipinski definition) is 1. The van der Waals surface area contributed by atoms with Crippen LogP contribution in [-0.2, 0) is 4.79 Å². The Bertz CT molecular complexity index is 776. The lowest BCUT2D eigenvalue weighted by Crippen LogP contribution is -2.51. The zero-order valence-electron chi connectivity index (χ0n) is 14.6. The summed E-state index contributed by atoms with van der Waals surface area (Å²) in [6.45, 7) is 3.08. The molecule has 1 amide bonds. The maximum Gasteiger partial charge on any atom is 0.391 e. The minimum atomic E-state index is -4.35. The van der Waals surface area contributed by atoms with Gasteiger partial charge in [-0.1, -0.05) is 43.3 Å². The highest BCUT2D eigenvalue weighted by Crippen LogP contribution is 2.45. The van der Waals surface area contributed by atoms with Crippen molar-refractivity contribution in [1.82, 2.24) is 0 Å². The van der Waals surface area contributed by atoms with Crippen LogP contribution in [0.1, 0.15) is 31.9 Å². The number of carbonyl (C=O) groups excluding carboxylic acids is 1. The van der Waals surface area contributed by atoms with Crippen molar-refractivity contribution in [2.24, 2.45) is 5.92 Å². The Hall–Kier alpha value is -2.50. The summed E-state index contributed by atoms with van der Waals surface area (Å²) in [6, 6.07) is 15.3. The number of nitrogens with zero attached hydrogens (tertiary/aromatic N) is 1. The fourth-order valence-corrected chi connectivity index (χ4v) is 3.73. The van der Waals surface area contributed by atoms with Gasteiger partial charge in [-0.05, 0) is 23.8 Å². The second-order valence-corrected chi connectivity index (χ2v) is 6.68. The van der Waals surface area contributed by atoms with E-state index in [9.17, 15) is 18.0 Å². The van der Waals surface area contributed by atoms with Crippen molar-refractivity contribution in [3.05, 3.63) is 60.2 Å². The van der Waals surface area contributed by atoms with E-state index in [1.54, 1.807) is 19.1 Å². The lowest BCUT2D eigenvalue weighted by molar-refractivity contribution is -0.143. The van der Waals surface area contributed by atoms with Gasteiger partial charge in [0.25, 0.3) is 0 Å². The molecule has 1 N–H and O–H groups in total. The van der Waals surface area contributed by atoms with E-state index in [2.05, 4.69) is 5.32 Å². The highest BCUT2D eigenvalue weighted by Gasteiger charge is 2.45. The Labute approximate surface area is 150 Å². The molecular formula is C20H21F3N2O. The average Bonchev–Trinajstić information content (AvgIpc) is 2.58. The van der Waals surface area contributed by atoms with Gasteiger partial charge in [-0.15, -0.1) is 0 Å². The van der Waals surface area contributed by atoms with Crippen molar-refractivity contribution in [1.29, 1.82) is 0 Å². The number of alkyl halides is 3. The van der Waals surface area contributed by atoms with E-state index in [0.717, 1.165) is 11.3 Å². The molecule has 2 aromatic rings. The van der Waals surface area contributed by atoms with Crippen LogP contribution in [0.2, 0.25) is 0 Å². The molecule has 3 nitrogen and oxygen atoms in total. The van der Waals surface area contributed by atoms with Crippen LogP contribution in [-0.4, -0.2) is 18.1 Å². The quantitative estimate of drug-likeness (QED) is 0.818. The van der Waals surface area contributed by atoms with Gasteiger partial charge < -0.3 is 10.2 Å². The Morgan fingerprint density at radius 2 is 1.69 bits per heavy atom. The first-order valence-corrected chi connectivity index (χ1v) is 8.55. The first-order chi connectivity index (χ1) is 12.3. The van der Waals surface area contributed by atoms with Gasteiger partial charge in [0.05, 0.1) is 18.5 Å². The number of amides is 1. The van der Waals surface area contributed by atoms with Gasteiger partial charge >= 0.3 is 6.18 Å². The predicted molar refractivity (Wildman–Crippen MR) is 96.0 cm³/mol. The van der Waals surface area contributed by atoms with Crippen LogP contribution in [0.5, 0.6) is 0 Å². The maximum atomic E-state index is 13.2. The molecule has 0 fully saturated rings. The van der Waals surface area contributed by atoms with Crippen molar-refractivity contribution in [3.8, 4) is 0 Å². The molecule has 26 heavy (non-hydrogen) atoms. The fraction of sp³-hybridized carbons (Fsp3) is 0.350. The van der Waals surface area contributed by atoms with Crippen LogP contribution >= 0.6 is 0 Å². The summed E-state index contributed by atoms with van der Waals surface area (Å²) in [4.78, 5) is 13.5. The second kappa shape index (κ2) is 7.02. The maximum absolute atomic E-state index is 13.2. The summed E-state index contributed by atoms with van der Waals surface area (Å²) in [6.07, 6.45) is -5.38. The Kier molecular flexibility index (Phi) is 4.94. The third-order valence-corrected chi connectivity index (χ3v) is 4.87. The monoisotopic (exact) mass is 362 g/mol. The number of anilines is 2. The Balaban J connectivity index is 2.06. The Morgan fingerprint density at radius 3 is 2.31 bits per heavy atom. The van der Waals surface area contributed by atoms with E-state index in [1.807, 2.05) is 42.5 Å². The number of para-hydroxylation sites is 2. The lowest BCUT2D eigenvalue weighted by Gasteiger charge is -2.45. The number of rotatable bonds is 3. The molecule has 0 aromatic heterocycles. The molecule has 3 rings (SSSR count). The summed E-state index contributed by atoms with van der Waals surface area (Å²) in [7, 11) is 0. The minimum absolute atomic E-state index is 0.323. The van der Waals surface area contributed by atoms with Gasteiger partial charge in [0.1, 0.15) is 0 Å². The van der Waals surface area contributed by atoms with Crippen LogP contribution in [0.4, 0.5) is 24.5 Å². The second-order valence-electron chi connectivity index (χ2n) is 6.68. The molecule has 0 saturated heterocycles. The van der Waals surface area contributed by atoms with Gasteiger partial charge in [0.2, 0.25) is 5.91 Å². The molecule has 1 aliphatic heterocycles. The van der Waals surface area contributed by atoms with Crippen molar-refractivity contribution in [2.75, 3.05) is 10.2 Å². The highest BCUT2D eigenvalue weighted by molar-refractivity contribution is 5.94. The van der Waals surface area contributed by atoms with Gasteiger partial charge in [0, 0.05) is 24.2 Å². The van der Waals surface area contributed by atoms with Crippen LogP contribution in [0.3, 0.4) is 0 Å². The number of benzene rings is 2. The minimum Gasteiger partial charge on any atom is -0.378 e. The largest absolute Gasteiger partial charge is 0.391 e. The van der Waals surface area contributed by atoms with E-state index >= 15 is 0 Å². The molecular weight excluding hydrogens is 341 g/mol. The molecule has 0 saturated carbocycles. The summed E-state index contributed by atoms with van der Waals surface area (Å²) >= 11 is 0. The summed E-state index contributed by atoms with van der Waals surface area (Å²) in [5, 5.41) is 3.36. The first kappa shape index (κ1) is 18.3. The number of halogens is 3. The van der Waals surface area contributed by atoms with Crippen molar-refractivity contribution >= 4 is 17.3 Å². The molecule has 0 radical (unpaired) electrons. The van der Waals surface area contributed by atoms with E-state index in [4.69, 9.17) is 0 Å². The SMILES string of the molecule is CC(=O)N1c2ccccc2C(Nc2ccccc2)C(C)C1CC(F)(F)F. The number of fused-ring (bicyclic) bond motifs is 1. The molecule has 1 aliphatic rings. The highest BCUT2D eigenvalue weighted by atomic mass is 19.4. The molecule has 6 heteroatoms. The van der Waals surface area contributed by atoms with Crippen LogP contribution in [0.15, 0.2) is 54.6 Å². The zero-order valence-corrected chi connectivity index (χ0v) is 14.6. The van der Waals surface area contributed by atoms with Crippen molar-refractivity contribution < 1.29 is 18.0 Å². The topological polar surface area (TPSA) is 32.3 Å². The van der Waals surface area contributed by atoms with Gasteiger partial charge in [0.15, 0.2) is 0 Å². The molecule has 2 aromatic carbocycles. The fourth-order valence-electron chi connectivity index (χ4n) is 3.73. The van der Waals surface area contributed by atoms with E-state index in [1.165, 1.54) is 11.8 Å². The average molecular weight is 362 g/mol. The molecule has 1 heterocycles. The standard InChI is InChI=1S/C20H21F3N2O/c1-13-18(12-20(21,22)23)25(14(2)26)17-11-7-6-10-16(17)19(13)24-15-8-4-3-5-9-15/h3-11,13,18-19,24H,12H2,1-2H3. The van der Waals surface area contributed by atoms with E-state index < -0.39 is 24.6 Å². The number of carbonyl (C=O) groups is 1. The van der Waals surface area contributed by atoms with Gasteiger partial charge in [-0.3, -0.25) is 4.79 Å². The van der Waals surface area contributed by atoms with Crippen LogP contribution < -0.4 is 10.2 Å². The Morgan fingerprint density at radius 1 is 1.08 bits per heavy atom. The third-order valence-electron chi connectivity index (χ3n) is 4.87. The normalized spacial score (nSPS) is 22.7. The number of nitrogens with one attached hydrogen (secondary N) is 1. The molecule has 3 atom stereocenters. The molecule has 138 valence electrons. The zero-order chi connectivity index (χ0) is 18.9. The van der Waals surface area contributed by atoms with Gasteiger partial charge in [-0.25, -0.2) is 0 Å². The van der Waals surface area contributed by atoms with Crippen molar-refractivity contribution in [2.45, 2.75) is 38.5 Å². The predicted octanol–water partition coefficient (Wildman–Crippen LogP) is 5.16. The van der Waals surface area contributed by atoms with Crippen molar-refractivity contribution in [3.63, 3.8) is 0 Å². The van der Waals surface area contributed by atoms with E-state index in [0.29, 0.717) is 5.69 Å².